The molecule has 0 fully saturated rings. The minimum Gasteiger partial charge on any atom is -0.330 e. The van der Waals surface area contributed by atoms with E-state index < -0.39 is 0 Å². The van der Waals surface area contributed by atoms with Crippen molar-refractivity contribution >= 4 is 17.2 Å². The first-order valence-corrected chi connectivity index (χ1v) is 6.19. The summed E-state index contributed by atoms with van der Waals surface area (Å²) in [5, 5.41) is 0.786. The Labute approximate surface area is 103 Å². The Hall–Kier alpha value is -0.790. The lowest BCUT2D eigenvalue weighted by atomic mass is 9.94. The predicted molar refractivity (Wildman–Crippen MR) is 72.6 cm³/mol. The maximum atomic E-state index is 5.89. The molecule has 88 valence electrons. The zero-order valence-electron chi connectivity index (χ0n) is 10.0. The van der Waals surface area contributed by atoms with Crippen LogP contribution in [-0.4, -0.2) is 6.54 Å². The van der Waals surface area contributed by atoms with Gasteiger partial charge in [0, 0.05) is 5.02 Å². The molecular formula is C14H20ClN. The molecule has 2 N–H and O–H groups in total. The topological polar surface area (TPSA) is 26.0 Å². The second-order valence-corrected chi connectivity index (χ2v) is 4.69. The van der Waals surface area contributed by atoms with Gasteiger partial charge in [-0.05, 0) is 48.6 Å². The van der Waals surface area contributed by atoms with E-state index in [1.807, 2.05) is 12.1 Å². The van der Waals surface area contributed by atoms with Gasteiger partial charge >= 0.3 is 0 Å². The average Bonchev–Trinajstić information content (AvgIpc) is 2.26. The van der Waals surface area contributed by atoms with Crippen LogP contribution in [0.3, 0.4) is 0 Å². The van der Waals surface area contributed by atoms with Crippen molar-refractivity contribution < 1.29 is 0 Å². The summed E-state index contributed by atoms with van der Waals surface area (Å²) < 4.78 is 0. The summed E-state index contributed by atoms with van der Waals surface area (Å²) in [6.07, 6.45) is 4.39. The number of hydrogen-bond donors (Lipinski definition) is 1. The van der Waals surface area contributed by atoms with Gasteiger partial charge in [-0.2, -0.15) is 0 Å². The molecule has 0 saturated carbocycles. The third kappa shape index (κ3) is 3.99. The highest BCUT2D eigenvalue weighted by molar-refractivity contribution is 6.30. The summed E-state index contributed by atoms with van der Waals surface area (Å²) in [4.78, 5) is 0. The highest BCUT2D eigenvalue weighted by atomic mass is 35.5. The van der Waals surface area contributed by atoms with Gasteiger partial charge in [-0.1, -0.05) is 43.7 Å². The van der Waals surface area contributed by atoms with Crippen LogP contribution in [0.4, 0.5) is 0 Å². The van der Waals surface area contributed by atoms with Gasteiger partial charge in [0.2, 0.25) is 0 Å². The van der Waals surface area contributed by atoms with Crippen molar-refractivity contribution in [2.24, 2.45) is 11.7 Å². The molecule has 0 saturated heterocycles. The fourth-order valence-corrected chi connectivity index (χ4v) is 1.83. The Balaban J connectivity index is 2.85. The van der Waals surface area contributed by atoms with E-state index in [4.69, 9.17) is 17.3 Å². The van der Waals surface area contributed by atoms with Crippen LogP contribution < -0.4 is 5.73 Å². The largest absolute Gasteiger partial charge is 0.330 e. The second kappa shape index (κ2) is 6.72. The van der Waals surface area contributed by atoms with E-state index in [9.17, 15) is 0 Å². The van der Waals surface area contributed by atoms with Gasteiger partial charge in [0.05, 0.1) is 0 Å². The van der Waals surface area contributed by atoms with Gasteiger partial charge in [-0.15, -0.1) is 0 Å². The smallest absolute Gasteiger partial charge is 0.0406 e. The Kier molecular flexibility index (Phi) is 5.58. The van der Waals surface area contributed by atoms with Crippen LogP contribution >= 0.6 is 11.6 Å². The van der Waals surface area contributed by atoms with Gasteiger partial charge < -0.3 is 5.73 Å². The van der Waals surface area contributed by atoms with Crippen LogP contribution in [0.15, 0.2) is 30.3 Å². The number of allylic oxidation sites excluding steroid dienone is 2. The van der Waals surface area contributed by atoms with E-state index in [-0.39, 0.29) is 0 Å². The summed E-state index contributed by atoms with van der Waals surface area (Å²) in [6, 6.07) is 8.04. The normalized spacial score (nSPS) is 12.2. The van der Waals surface area contributed by atoms with Crippen LogP contribution in [0, 0.1) is 5.92 Å². The molecule has 1 rings (SSSR count). The van der Waals surface area contributed by atoms with Crippen molar-refractivity contribution in [3.8, 4) is 0 Å². The highest BCUT2D eigenvalue weighted by Crippen LogP contribution is 2.25. The summed E-state index contributed by atoms with van der Waals surface area (Å²) >= 11 is 5.89. The number of hydrogen-bond acceptors (Lipinski definition) is 1. The van der Waals surface area contributed by atoms with E-state index in [2.05, 4.69) is 32.1 Å². The number of halogens is 1. The third-order valence-electron chi connectivity index (χ3n) is 2.57. The van der Waals surface area contributed by atoms with E-state index in [1.54, 1.807) is 0 Å². The van der Waals surface area contributed by atoms with Gasteiger partial charge in [0.25, 0.3) is 0 Å². The molecule has 0 radical (unpaired) electrons. The van der Waals surface area contributed by atoms with Crippen molar-refractivity contribution in [2.75, 3.05) is 6.54 Å². The predicted octanol–water partition coefficient (Wildman–Crippen LogP) is 4.12. The molecule has 1 aromatic rings. The fourth-order valence-electron chi connectivity index (χ4n) is 1.70. The van der Waals surface area contributed by atoms with E-state index in [0.717, 1.165) is 24.4 Å². The molecule has 0 aliphatic heterocycles. The molecule has 0 atom stereocenters. The van der Waals surface area contributed by atoms with Gasteiger partial charge in [0.1, 0.15) is 0 Å². The van der Waals surface area contributed by atoms with Crippen molar-refractivity contribution in [2.45, 2.75) is 26.7 Å². The quantitative estimate of drug-likeness (QED) is 0.766. The number of unbranched alkanes of at least 4 members (excludes halogenated alkanes) is 1. The maximum absolute atomic E-state index is 5.89. The van der Waals surface area contributed by atoms with E-state index in [0.29, 0.717) is 5.92 Å². The number of benzene rings is 1. The second-order valence-electron chi connectivity index (χ2n) is 4.25. The third-order valence-corrected chi connectivity index (χ3v) is 2.82. The average molecular weight is 238 g/mol. The summed E-state index contributed by atoms with van der Waals surface area (Å²) in [6.45, 7) is 5.17. The number of rotatable bonds is 5. The fraction of sp³-hybridized carbons (Fsp3) is 0.429. The summed E-state index contributed by atoms with van der Waals surface area (Å²) in [5.41, 5.74) is 8.14. The molecule has 0 unspecified atom stereocenters. The monoisotopic (exact) mass is 237 g/mol. The standard InChI is InChI=1S/C14H20ClN/c1-11(2)14(5-3-4-10-16)12-6-8-13(15)9-7-12/h5-9,11H,3-4,10,16H2,1-2H3/b14-5+. The van der Waals surface area contributed by atoms with Crippen molar-refractivity contribution in [1.82, 2.24) is 0 Å². The van der Waals surface area contributed by atoms with Crippen LogP contribution in [0.25, 0.3) is 5.57 Å². The lowest BCUT2D eigenvalue weighted by Gasteiger charge is -2.12. The lowest BCUT2D eigenvalue weighted by molar-refractivity contribution is 0.824. The zero-order chi connectivity index (χ0) is 12.0. The molecule has 0 aliphatic rings. The molecule has 0 heterocycles. The number of nitrogens with two attached hydrogens (primary N) is 1. The van der Waals surface area contributed by atoms with Gasteiger partial charge in [0.15, 0.2) is 0 Å². The van der Waals surface area contributed by atoms with E-state index in [1.165, 1.54) is 11.1 Å². The summed E-state index contributed by atoms with van der Waals surface area (Å²) in [5.74, 6) is 0.527. The van der Waals surface area contributed by atoms with Gasteiger partial charge in [-0.3, -0.25) is 0 Å². The van der Waals surface area contributed by atoms with Crippen LogP contribution in [-0.2, 0) is 0 Å². The Morgan fingerprint density at radius 3 is 2.44 bits per heavy atom. The lowest BCUT2D eigenvalue weighted by Crippen LogP contribution is -1.98. The molecular weight excluding hydrogens is 218 g/mol. The Bertz CT molecular complexity index is 338. The first kappa shape index (κ1) is 13.3. The Morgan fingerprint density at radius 2 is 1.94 bits per heavy atom. The maximum Gasteiger partial charge on any atom is 0.0406 e. The van der Waals surface area contributed by atoms with Crippen LogP contribution in [0.5, 0.6) is 0 Å². The Morgan fingerprint density at radius 1 is 1.31 bits per heavy atom. The molecule has 1 aromatic carbocycles. The highest BCUT2D eigenvalue weighted by Gasteiger charge is 2.05. The minimum absolute atomic E-state index is 0.527. The summed E-state index contributed by atoms with van der Waals surface area (Å²) in [7, 11) is 0. The molecule has 0 amide bonds. The van der Waals surface area contributed by atoms with Crippen molar-refractivity contribution in [3.63, 3.8) is 0 Å². The molecule has 0 spiro atoms. The first-order chi connectivity index (χ1) is 7.65. The molecule has 0 aliphatic carbocycles. The van der Waals surface area contributed by atoms with E-state index >= 15 is 0 Å². The molecule has 0 aromatic heterocycles. The van der Waals surface area contributed by atoms with Crippen molar-refractivity contribution in [1.29, 1.82) is 0 Å². The zero-order valence-corrected chi connectivity index (χ0v) is 10.8. The van der Waals surface area contributed by atoms with Crippen LogP contribution in [0.2, 0.25) is 5.02 Å². The van der Waals surface area contributed by atoms with Crippen molar-refractivity contribution in [3.05, 3.63) is 40.9 Å². The molecule has 2 heteroatoms. The molecule has 1 nitrogen and oxygen atoms in total. The van der Waals surface area contributed by atoms with Crippen LogP contribution in [0.1, 0.15) is 32.3 Å². The van der Waals surface area contributed by atoms with Gasteiger partial charge in [-0.25, -0.2) is 0 Å². The molecule has 0 bridgehead atoms. The minimum atomic E-state index is 0.527. The first-order valence-electron chi connectivity index (χ1n) is 5.81. The SMILES string of the molecule is CC(C)/C(=C\CCCN)c1ccc(Cl)cc1. The molecule has 16 heavy (non-hydrogen) atoms.